The number of anilines is 3. The smallest absolute Gasteiger partial charge is 0.152 e. The molecule has 0 spiro atoms. The van der Waals surface area contributed by atoms with E-state index in [1.165, 1.54) is 59.7 Å². The van der Waals surface area contributed by atoms with Crippen LogP contribution >= 0.6 is 0 Å². The zero-order chi connectivity index (χ0) is 37.5. The van der Waals surface area contributed by atoms with Gasteiger partial charge < -0.3 is 14.2 Å². The second kappa shape index (κ2) is 12.5. The normalized spacial score (nSPS) is 12.0. The third-order valence-corrected chi connectivity index (χ3v) is 11.7. The van der Waals surface area contributed by atoms with Gasteiger partial charge in [-0.15, -0.1) is 0 Å². The summed E-state index contributed by atoms with van der Waals surface area (Å²) in [5.74, 6) is 1.75. The highest BCUT2D eigenvalue weighted by Gasteiger charge is 2.24. The Balaban J connectivity index is 0.996. The summed E-state index contributed by atoms with van der Waals surface area (Å²) < 4.78 is 8.88. The Labute approximate surface area is 329 Å². The number of hydrogen-bond donors (Lipinski definition) is 0. The van der Waals surface area contributed by atoms with Gasteiger partial charge in [0.1, 0.15) is 0 Å². The summed E-state index contributed by atoms with van der Waals surface area (Å²) in [7, 11) is 0. The van der Waals surface area contributed by atoms with Gasteiger partial charge in [0.25, 0.3) is 0 Å². The van der Waals surface area contributed by atoms with E-state index < -0.39 is 0 Å². The van der Waals surface area contributed by atoms with Crippen LogP contribution in [0, 0.1) is 0 Å². The first-order valence-corrected chi connectivity index (χ1v) is 19.5. The minimum atomic E-state index is 0.859. The Morgan fingerprint density at radius 1 is 0.368 bits per heavy atom. The molecule has 12 rings (SSSR count). The fourth-order valence-electron chi connectivity index (χ4n) is 9.11. The lowest BCUT2D eigenvalue weighted by Crippen LogP contribution is -2.10. The van der Waals surface area contributed by atoms with Crippen molar-refractivity contribution >= 4 is 71.2 Å². The van der Waals surface area contributed by atoms with Gasteiger partial charge in [-0.05, 0) is 104 Å². The van der Waals surface area contributed by atoms with Crippen molar-refractivity contribution in [3.63, 3.8) is 0 Å². The molecule has 0 aliphatic carbocycles. The number of aromatic nitrogens is 1. The van der Waals surface area contributed by atoms with Gasteiger partial charge in [-0.25, -0.2) is 0 Å². The van der Waals surface area contributed by atoms with Crippen LogP contribution < -0.4 is 9.64 Å². The van der Waals surface area contributed by atoms with Gasteiger partial charge in [-0.2, -0.15) is 0 Å². The van der Waals surface area contributed by atoms with E-state index in [1.807, 2.05) is 0 Å². The third-order valence-electron chi connectivity index (χ3n) is 11.7. The largest absolute Gasteiger partial charge is 0.453 e. The van der Waals surface area contributed by atoms with Crippen molar-refractivity contribution in [2.24, 2.45) is 0 Å². The number of para-hydroxylation sites is 2. The van der Waals surface area contributed by atoms with Crippen molar-refractivity contribution in [1.29, 1.82) is 0 Å². The van der Waals surface area contributed by atoms with Crippen LogP contribution in [0.3, 0.4) is 0 Å². The van der Waals surface area contributed by atoms with Crippen LogP contribution in [0.4, 0.5) is 17.1 Å². The van der Waals surface area contributed by atoms with Gasteiger partial charge in [0.2, 0.25) is 0 Å². The van der Waals surface area contributed by atoms with E-state index in [9.17, 15) is 0 Å². The summed E-state index contributed by atoms with van der Waals surface area (Å²) in [6, 6.07) is 74.6. The minimum absolute atomic E-state index is 0.859. The second-order valence-corrected chi connectivity index (χ2v) is 14.9. The number of benzene rings is 10. The summed E-state index contributed by atoms with van der Waals surface area (Å²) in [5.41, 5.74) is 11.4. The molecule has 0 saturated carbocycles. The Morgan fingerprint density at radius 3 is 1.77 bits per heavy atom. The molecule has 1 aliphatic heterocycles. The highest BCUT2D eigenvalue weighted by molar-refractivity contribution is 6.15. The van der Waals surface area contributed by atoms with E-state index in [0.29, 0.717) is 0 Å². The van der Waals surface area contributed by atoms with Crippen LogP contribution in [0.25, 0.3) is 82.1 Å². The highest BCUT2D eigenvalue weighted by atomic mass is 16.5. The van der Waals surface area contributed by atoms with Crippen LogP contribution in [-0.4, -0.2) is 4.57 Å². The van der Waals surface area contributed by atoms with Gasteiger partial charge in [0.15, 0.2) is 11.5 Å². The number of hydrogen-bond acceptors (Lipinski definition) is 2. The van der Waals surface area contributed by atoms with Crippen molar-refractivity contribution in [3.8, 4) is 39.4 Å². The molecule has 0 N–H and O–H groups in total. The lowest BCUT2D eigenvalue weighted by atomic mass is 9.97. The van der Waals surface area contributed by atoms with Crippen LogP contribution in [-0.2, 0) is 0 Å². The second-order valence-electron chi connectivity index (χ2n) is 14.9. The molecule has 11 aromatic rings. The molecular formula is C54H34N2O. The maximum atomic E-state index is 6.51. The Kier molecular flexibility index (Phi) is 6.93. The van der Waals surface area contributed by atoms with Crippen LogP contribution in [0.1, 0.15) is 0 Å². The summed E-state index contributed by atoms with van der Waals surface area (Å²) in [4.78, 5) is 2.41. The molecule has 1 aliphatic rings. The molecule has 3 nitrogen and oxygen atoms in total. The van der Waals surface area contributed by atoms with E-state index in [-0.39, 0.29) is 0 Å². The molecule has 57 heavy (non-hydrogen) atoms. The van der Waals surface area contributed by atoms with E-state index in [2.05, 4.69) is 216 Å². The number of rotatable bonds is 5. The molecule has 3 heteroatoms. The lowest BCUT2D eigenvalue weighted by molar-refractivity contribution is 0.476. The van der Waals surface area contributed by atoms with Gasteiger partial charge in [-0.3, -0.25) is 0 Å². The average molecular weight is 727 g/mol. The predicted molar refractivity (Wildman–Crippen MR) is 239 cm³/mol. The lowest BCUT2D eigenvalue weighted by Gasteiger charge is -2.28. The SMILES string of the molecule is c1ccc2c(-c3ccc(N(c4ccc(-c5ccc6c(c5)-n5c7ccccc7c7cccc(c75)O6)cc4)c4cc5ccccc5c5ccccc45)cc3)cccc2c1. The quantitative estimate of drug-likeness (QED) is 0.164. The fourth-order valence-corrected chi connectivity index (χ4v) is 9.11. The molecule has 0 saturated heterocycles. The first kappa shape index (κ1) is 31.7. The third kappa shape index (κ3) is 4.92. The maximum absolute atomic E-state index is 6.51. The zero-order valence-electron chi connectivity index (χ0n) is 30.9. The monoisotopic (exact) mass is 726 g/mol. The topological polar surface area (TPSA) is 17.4 Å². The maximum Gasteiger partial charge on any atom is 0.152 e. The molecule has 10 aromatic carbocycles. The van der Waals surface area contributed by atoms with E-state index in [4.69, 9.17) is 4.74 Å². The highest BCUT2D eigenvalue weighted by Crippen LogP contribution is 2.47. The van der Waals surface area contributed by atoms with Gasteiger partial charge >= 0.3 is 0 Å². The molecule has 0 atom stereocenters. The summed E-state index contributed by atoms with van der Waals surface area (Å²) >= 11 is 0. The summed E-state index contributed by atoms with van der Waals surface area (Å²) in [5, 5.41) is 9.85. The van der Waals surface area contributed by atoms with E-state index in [0.717, 1.165) is 50.9 Å². The van der Waals surface area contributed by atoms with Crippen LogP contribution in [0.5, 0.6) is 11.5 Å². The molecule has 0 bridgehead atoms. The van der Waals surface area contributed by atoms with Crippen LogP contribution in [0.2, 0.25) is 0 Å². The minimum Gasteiger partial charge on any atom is -0.453 e. The van der Waals surface area contributed by atoms with Crippen molar-refractivity contribution in [2.75, 3.05) is 4.90 Å². The molecule has 2 heterocycles. The molecule has 0 radical (unpaired) electrons. The number of fused-ring (bicyclic) bond motifs is 9. The average Bonchev–Trinajstić information content (AvgIpc) is 3.62. The molecule has 266 valence electrons. The fraction of sp³-hybridized carbons (Fsp3) is 0. The Morgan fingerprint density at radius 2 is 0.965 bits per heavy atom. The standard InChI is InChI=1S/C54H34N2O/c1-3-14-42-36(11-1)13-9-19-43(42)37-25-30-41(31-26-37)55(50-34-39-12-2-4-15-44(39)45-16-5-6-17-46(45)50)40-28-23-35(24-29-40)38-27-32-52-51(33-38)56-49-21-8-7-18-47(49)48-20-10-22-53(57-52)54(48)56/h1-34H. The predicted octanol–water partition coefficient (Wildman–Crippen LogP) is 15.2. The van der Waals surface area contributed by atoms with E-state index >= 15 is 0 Å². The first-order valence-electron chi connectivity index (χ1n) is 19.5. The number of ether oxygens (including phenoxy) is 1. The van der Waals surface area contributed by atoms with Crippen molar-refractivity contribution in [3.05, 3.63) is 206 Å². The Hall–Kier alpha value is -7.62. The van der Waals surface area contributed by atoms with Gasteiger partial charge in [0, 0.05) is 27.5 Å². The first-order chi connectivity index (χ1) is 28.3. The summed E-state index contributed by atoms with van der Waals surface area (Å²) in [6.45, 7) is 0. The molecule has 1 aromatic heterocycles. The summed E-state index contributed by atoms with van der Waals surface area (Å²) in [6.07, 6.45) is 0. The number of nitrogens with zero attached hydrogens (tertiary/aromatic N) is 2. The Bertz CT molecular complexity index is 3370. The van der Waals surface area contributed by atoms with E-state index in [1.54, 1.807) is 0 Å². The van der Waals surface area contributed by atoms with Gasteiger partial charge in [0.05, 0.1) is 22.4 Å². The molecular weight excluding hydrogens is 693 g/mol. The molecule has 0 amide bonds. The zero-order valence-corrected chi connectivity index (χ0v) is 30.9. The molecule has 0 unspecified atom stereocenters. The van der Waals surface area contributed by atoms with Crippen molar-refractivity contribution in [2.45, 2.75) is 0 Å². The van der Waals surface area contributed by atoms with Crippen LogP contribution in [0.15, 0.2) is 206 Å². The van der Waals surface area contributed by atoms with Crippen molar-refractivity contribution < 1.29 is 4.74 Å². The van der Waals surface area contributed by atoms with Crippen molar-refractivity contribution in [1.82, 2.24) is 4.57 Å². The van der Waals surface area contributed by atoms with Gasteiger partial charge in [-0.1, -0.05) is 152 Å². The molecule has 0 fully saturated rings.